The molecule has 2 aliphatic heterocycles. The van der Waals surface area contributed by atoms with Gasteiger partial charge in [0.25, 0.3) is 5.91 Å². The van der Waals surface area contributed by atoms with Crippen LogP contribution in [-0.2, 0) is 14.6 Å². The van der Waals surface area contributed by atoms with Gasteiger partial charge in [-0.1, -0.05) is 29.8 Å². The van der Waals surface area contributed by atoms with Crippen LogP contribution in [0.3, 0.4) is 0 Å². The molecule has 0 unspecified atom stereocenters. The fourth-order valence-electron chi connectivity index (χ4n) is 3.61. The molecule has 2 fully saturated rings. The second-order valence-electron chi connectivity index (χ2n) is 7.18. The first-order valence-electron chi connectivity index (χ1n) is 8.91. The van der Waals surface area contributed by atoms with E-state index in [-0.39, 0.29) is 36.1 Å². The molecule has 0 radical (unpaired) electrons. The van der Waals surface area contributed by atoms with Gasteiger partial charge >= 0.3 is 0 Å². The van der Waals surface area contributed by atoms with E-state index in [1.165, 1.54) is 5.57 Å². The van der Waals surface area contributed by atoms with Crippen molar-refractivity contribution in [3.8, 4) is 5.75 Å². The lowest BCUT2D eigenvalue weighted by atomic mass is 10.0. The third-order valence-electron chi connectivity index (χ3n) is 4.95. The number of amides is 1. The molecule has 2 atom stereocenters. The van der Waals surface area contributed by atoms with Gasteiger partial charge in [-0.05, 0) is 26.0 Å². The van der Waals surface area contributed by atoms with Gasteiger partial charge < -0.3 is 9.64 Å². The molecule has 1 aromatic rings. The van der Waals surface area contributed by atoms with E-state index in [4.69, 9.17) is 4.74 Å². The van der Waals surface area contributed by atoms with Crippen molar-refractivity contribution in [2.45, 2.75) is 25.9 Å². The summed E-state index contributed by atoms with van der Waals surface area (Å²) in [5, 5.41) is 0. The van der Waals surface area contributed by atoms with Gasteiger partial charge in [0.1, 0.15) is 5.75 Å². The Balaban J connectivity index is 1.69. The lowest BCUT2D eigenvalue weighted by molar-refractivity contribution is -0.139. The van der Waals surface area contributed by atoms with Crippen LogP contribution in [0.5, 0.6) is 5.75 Å². The van der Waals surface area contributed by atoms with Crippen LogP contribution in [-0.4, -0.2) is 74.0 Å². The molecule has 2 heterocycles. The molecule has 0 aromatic heterocycles. The maximum atomic E-state index is 12.7. The molecular formula is C19H26N2O4S. The zero-order valence-electron chi connectivity index (χ0n) is 15.3. The summed E-state index contributed by atoms with van der Waals surface area (Å²) in [4.78, 5) is 16.6. The SMILES string of the molecule is CC(C)=CCN1CCN(C(=O)COc2ccccc2)[C@H]2CS(=O)(=O)C[C@H]21. The second-order valence-corrected chi connectivity index (χ2v) is 9.33. The number of piperazine rings is 1. The predicted molar refractivity (Wildman–Crippen MR) is 101 cm³/mol. The minimum Gasteiger partial charge on any atom is -0.484 e. The van der Waals surface area contributed by atoms with Crippen LogP contribution in [0.1, 0.15) is 13.8 Å². The normalized spacial score (nSPS) is 24.8. The highest BCUT2D eigenvalue weighted by atomic mass is 32.2. The summed E-state index contributed by atoms with van der Waals surface area (Å²) < 4.78 is 30.0. The highest BCUT2D eigenvalue weighted by Crippen LogP contribution is 2.27. The molecule has 1 amide bonds. The number of carbonyl (C=O) groups is 1. The summed E-state index contributed by atoms with van der Waals surface area (Å²) in [6.07, 6.45) is 2.11. The number of nitrogens with zero attached hydrogens (tertiary/aromatic N) is 2. The lowest BCUT2D eigenvalue weighted by Gasteiger charge is -2.43. The Bertz CT molecular complexity index is 772. The first-order valence-corrected chi connectivity index (χ1v) is 10.7. The molecule has 2 saturated heterocycles. The number of rotatable bonds is 5. The number of fused-ring (bicyclic) bond motifs is 1. The Morgan fingerprint density at radius 2 is 1.85 bits per heavy atom. The molecule has 142 valence electrons. The largest absolute Gasteiger partial charge is 0.484 e. The molecule has 0 spiro atoms. The van der Waals surface area contributed by atoms with E-state index in [1.54, 1.807) is 17.0 Å². The highest BCUT2D eigenvalue weighted by Gasteiger charge is 2.47. The smallest absolute Gasteiger partial charge is 0.260 e. The van der Waals surface area contributed by atoms with Crippen molar-refractivity contribution >= 4 is 15.7 Å². The lowest BCUT2D eigenvalue weighted by Crippen LogP contribution is -2.61. The Kier molecular flexibility index (Phi) is 5.67. The number of sulfone groups is 1. The molecule has 0 saturated carbocycles. The minimum atomic E-state index is -3.13. The van der Waals surface area contributed by atoms with Gasteiger partial charge in [-0.2, -0.15) is 0 Å². The van der Waals surface area contributed by atoms with E-state index in [1.807, 2.05) is 32.0 Å². The van der Waals surface area contributed by atoms with Crippen LogP contribution >= 0.6 is 0 Å². The van der Waals surface area contributed by atoms with Crippen molar-refractivity contribution in [3.05, 3.63) is 42.0 Å². The molecule has 1 aromatic carbocycles. The number of allylic oxidation sites excluding steroid dienone is 1. The van der Waals surface area contributed by atoms with Crippen molar-refractivity contribution in [1.82, 2.24) is 9.80 Å². The van der Waals surface area contributed by atoms with Crippen LogP contribution in [0, 0.1) is 0 Å². The van der Waals surface area contributed by atoms with Crippen LogP contribution in [0.25, 0.3) is 0 Å². The second kappa shape index (κ2) is 7.80. The Labute approximate surface area is 155 Å². The molecule has 0 N–H and O–H groups in total. The van der Waals surface area contributed by atoms with Gasteiger partial charge in [0.15, 0.2) is 16.4 Å². The van der Waals surface area contributed by atoms with E-state index in [2.05, 4.69) is 11.0 Å². The average Bonchev–Trinajstić information content (AvgIpc) is 2.93. The number of carbonyl (C=O) groups excluding carboxylic acids is 1. The van der Waals surface area contributed by atoms with Crippen molar-refractivity contribution in [1.29, 1.82) is 0 Å². The number of ether oxygens (including phenoxy) is 1. The predicted octanol–water partition coefficient (Wildman–Crippen LogP) is 1.34. The Morgan fingerprint density at radius 3 is 2.54 bits per heavy atom. The summed E-state index contributed by atoms with van der Waals surface area (Å²) in [5.74, 6) is 0.652. The average molecular weight is 378 g/mol. The Morgan fingerprint density at radius 1 is 1.15 bits per heavy atom. The molecule has 6 nitrogen and oxygen atoms in total. The minimum absolute atomic E-state index is 0.0417. The summed E-state index contributed by atoms with van der Waals surface area (Å²) in [7, 11) is -3.13. The summed E-state index contributed by atoms with van der Waals surface area (Å²) in [6.45, 7) is 5.93. The van der Waals surface area contributed by atoms with Crippen LogP contribution in [0.2, 0.25) is 0 Å². The van der Waals surface area contributed by atoms with Gasteiger partial charge in [0.05, 0.1) is 17.5 Å². The van der Waals surface area contributed by atoms with Gasteiger partial charge in [-0.25, -0.2) is 8.42 Å². The van der Waals surface area contributed by atoms with Gasteiger partial charge in [-0.15, -0.1) is 0 Å². The number of hydrogen-bond acceptors (Lipinski definition) is 5. The zero-order chi connectivity index (χ0) is 18.7. The van der Waals surface area contributed by atoms with Crippen molar-refractivity contribution in [3.63, 3.8) is 0 Å². The third kappa shape index (κ3) is 4.45. The standard InChI is InChI=1S/C19H26N2O4S/c1-15(2)8-9-20-10-11-21(18-14-26(23,24)13-17(18)20)19(22)12-25-16-6-4-3-5-7-16/h3-8,17-18H,9-14H2,1-2H3/t17-,18+/m1/s1. The number of hydrogen-bond donors (Lipinski definition) is 0. The monoisotopic (exact) mass is 378 g/mol. The van der Waals surface area contributed by atoms with Gasteiger partial charge in [0, 0.05) is 25.7 Å². The van der Waals surface area contributed by atoms with Crippen LogP contribution in [0.4, 0.5) is 0 Å². The fourth-order valence-corrected chi connectivity index (χ4v) is 5.62. The maximum Gasteiger partial charge on any atom is 0.260 e. The van der Waals surface area contributed by atoms with Crippen molar-refractivity contribution in [2.24, 2.45) is 0 Å². The maximum absolute atomic E-state index is 12.7. The first-order chi connectivity index (χ1) is 12.4. The van der Waals surface area contributed by atoms with Gasteiger partial charge in [0.2, 0.25) is 0 Å². The van der Waals surface area contributed by atoms with E-state index >= 15 is 0 Å². The molecule has 2 aliphatic rings. The van der Waals surface area contributed by atoms with E-state index in [0.717, 1.165) is 6.54 Å². The van der Waals surface area contributed by atoms with Crippen molar-refractivity contribution in [2.75, 3.05) is 37.7 Å². The molecule has 3 rings (SSSR count). The van der Waals surface area contributed by atoms with Crippen molar-refractivity contribution < 1.29 is 17.9 Å². The fraction of sp³-hybridized carbons (Fsp3) is 0.526. The van der Waals surface area contributed by atoms with Crippen LogP contribution in [0.15, 0.2) is 42.0 Å². The summed E-state index contributed by atoms with van der Waals surface area (Å²) in [6, 6.07) is 8.76. The summed E-state index contributed by atoms with van der Waals surface area (Å²) >= 11 is 0. The highest BCUT2D eigenvalue weighted by molar-refractivity contribution is 7.91. The van der Waals surface area contributed by atoms with E-state index < -0.39 is 9.84 Å². The van der Waals surface area contributed by atoms with Gasteiger partial charge in [-0.3, -0.25) is 9.69 Å². The van der Waals surface area contributed by atoms with E-state index in [0.29, 0.717) is 18.8 Å². The topological polar surface area (TPSA) is 66.9 Å². The van der Waals surface area contributed by atoms with Crippen LogP contribution < -0.4 is 4.74 Å². The zero-order valence-corrected chi connectivity index (χ0v) is 16.1. The molecule has 26 heavy (non-hydrogen) atoms. The molecule has 7 heteroatoms. The molecule has 0 bridgehead atoms. The first kappa shape index (κ1) is 18.9. The van der Waals surface area contributed by atoms with E-state index in [9.17, 15) is 13.2 Å². The summed E-state index contributed by atoms with van der Waals surface area (Å²) in [5.41, 5.74) is 1.21. The number of benzene rings is 1. The molecule has 0 aliphatic carbocycles. The third-order valence-corrected chi connectivity index (χ3v) is 6.65. The quantitative estimate of drug-likeness (QED) is 0.724. The number of para-hydroxylation sites is 1. The molecular weight excluding hydrogens is 352 g/mol. The Hall–Kier alpha value is -1.86.